The number of aryl methyl sites for hydroxylation is 1. The fraction of sp³-hybridized carbons (Fsp3) is 0.800. The predicted molar refractivity (Wildman–Crippen MR) is 168 cm³/mol. The van der Waals surface area contributed by atoms with Crippen molar-refractivity contribution in [3.05, 3.63) is 23.8 Å². The number of rotatable bonds is 6. The minimum Gasteiger partial charge on any atom is -0.487 e. The van der Waals surface area contributed by atoms with E-state index in [4.69, 9.17) is 9.47 Å². The van der Waals surface area contributed by atoms with Gasteiger partial charge in [0.1, 0.15) is 11.4 Å². The smallest absolute Gasteiger partial charge is 0.421 e. The largest absolute Gasteiger partial charge is 0.487 e. The molecule has 1 amide bonds. The van der Waals surface area contributed by atoms with Crippen molar-refractivity contribution in [1.82, 2.24) is 4.72 Å². The van der Waals surface area contributed by atoms with Crippen molar-refractivity contribution < 1.29 is 32.9 Å². The topological polar surface area (TPSA) is 122 Å². The number of hydrogen-bond donors (Lipinski definition) is 3. The predicted octanol–water partition coefficient (Wildman–Crippen LogP) is 6.22. The fourth-order valence-corrected chi connectivity index (χ4v) is 11.6. The third kappa shape index (κ3) is 5.46. The molecule has 5 aliphatic rings. The number of sulfonamides is 1. The Balaban J connectivity index is 1.07. The van der Waals surface area contributed by atoms with E-state index in [-0.39, 0.29) is 52.0 Å². The van der Waals surface area contributed by atoms with Crippen LogP contribution in [-0.4, -0.2) is 49.1 Å². The Morgan fingerprint density at radius 3 is 2.52 bits per heavy atom. The summed E-state index contributed by atoms with van der Waals surface area (Å²) in [6.45, 7) is 11.2. The average molecular weight is 632 g/mol. The number of carbonyl (C=O) groups excluding carboxylic acids is 1. The number of benzene rings is 1. The molecule has 44 heavy (non-hydrogen) atoms. The molecule has 4 saturated carbocycles. The van der Waals surface area contributed by atoms with Crippen LogP contribution in [0.3, 0.4) is 0 Å². The zero-order valence-corrected chi connectivity index (χ0v) is 28.0. The zero-order valence-electron chi connectivity index (χ0n) is 27.2. The number of aliphatic hydroxyl groups is 2. The SMILES string of the molecule is CCC1(C)CCc2cc(S(=O)(=O)NC(=O)OC[C@@H](C)[C@H]3CC[C@H]4[C@@H]5[C@H](O)C[C@@H]6C[C@H](O)CC[C@]6(C)[C@H]5CC[C@]34C)ccc2O1. The number of aliphatic hydroxyl groups excluding tert-OH is 2. The first-order chi connectivity index (χ1) is 20.7. The Morgan fingerprint density at radius 2 is 1.77 bits per heavy atom. The molecule has 4 aliphatic carbocycles. The number of nitrogens with one attached hydrogen (secondary N) is 1. The van der Waals surface area contributed by atoms with Crippen LogP contribution in [0.2, 0.25) is 0 Å². The molecule has 0 saturated heterocycles. The van der Waals surface area contributed by atoms with E-state index in [9.17, 15) is 23.4 Å². The molecule has 246 valence electrons. The summed E-state index contributed by atoms with van der Waals surface area (Å²) < 4.78 is 39.9. The highest BCUT2D eigenvalue weighted by atomic mass is 32.2. The first-order valence-electron chi connectivity index (χ1n) is 17.1. The second kappa shape index (κ2) is 11.4. The summed E-state index contributed by atoms with van der Waals surface area (Å²) in [5.41, 5.74) is 0.804. The second-order valence-corrected chi connectivity index (χ2v) is 17.5. The number of carbonyl (C=O) groups is 1. The highest BCUT2D eigenvalue weighted by Crippen LogP contribution is 2.68. The van der Waals surface area contributed by atoms with Gasteiger partial charge in [-0.1, -0.05) is 27.7 Å². The van der Waals surface area contributed by atoms with E-state index >= 15 is 0 Å². The number of ether oxygens (including phenoxy) is 2. The molecule has 6 rings (SSSR count). The molecular weight excluding hydrogens is 578 g/mol. The molecule has 0 aromatic heterocycles. The van der Waals surface area contributed by atoms with Crippen molar-refractivity contribution in [1.29, 1.82) is 0 Å². The van der Waals surface area contributed by atoms with Crippen LogP contribution in [0.1, 0.15) is 104 Å². The molecule has 4 fully saturated rings. The monoisotopic (exact) mass is 631 g/mol. The molecule has 0 bridgehead atoms. The summed E-state index contributed by atoms with van der Waals surface area (Å²) in [4.78, 5) is 12.8. The molecule has 1 aromatic rings. The molecule has 9 heteroatoms. The van der Waals surface area contributed by atoms with Gasteiger partial charge >= 0.3 is 6.09 Å². The number of fused-ring (bicyclic) bond motifs is 6. The van der Waals surface area contributed by atoms with Crippen LogP contribution in [0.4, 0.5) is 4.79 Å². The first-order valence-corrected chi connectivity index (χ1v) is 18.5. The Labute approximate surface area is 263 Å². The van der Waals surface area contributed by atoms with Crippen LogP contribution in [0, 0.1) is 46.3 Å². The second-order valence-electron chi connectivity index (χ2n) is 15.8. The van der Waals surface area contributed by atoms with Crippen molar-refractivity contribution >= 4 is 16.1 Å². The minimum atomic E-state index is -4.09. The summed E-state index contributed by atoms with van der Waals surface area (Å²) in [5.74, 6) is 2.66. The lowest BCUT2D eigenvalue weighted by Crippen LogP contribution is -2.58. The quantitative estimate of drug-likeness (QED) is 0.341. The Hall–Kier alpha value is -1.84. The normalized spacial score (nSPS) is 42.1. The lowest BCUT2D eigenvalue weighted by molar-refractivity contribution is -0.174. The Bertz CT molecular complexity index is 1370. The third-order valence-corrected chi connectivity index (χ3v) is 14.8. The minimum absolute atomic E-state index is 0.0299. The first kappa shape index (κ1) is 32.1. The lowest BCUT2D eigenvalue weighted by Gasteiger charge is -2.62. The van der Waals surface area contributed by atoms with Gasteiger partial charge in [0, 0.05) is 0 Å². The third-order valence-electron chi connectivity index (χ3n) is 13.5. The van der Waals surface area contributed by atoms with E-state index < -0.39 is 16.1 Å². The summed E-state index contributed by atoms with van der Waals surface area (Å²) in [6, 6.07) is 4.75. The van der Waals surface area contributed by atoms with Gasteiger partial charge in [-0.3, -0.25) is 0 Å². The number of hydrogen-bond acceptors (Lipinski definition) is 7. The van der Waals surface area contributed by atoms with Gasteiger partial charge in [-0.15, -0.1) is 0 Å². The van der Waals surface area contributed by atoms with E-state index in [1.807, 2.05) is 0 Å². The Morgan fingerprint density at radius 1 is 1.05 bits per heavy atom. The van der Waals surface area contributed by atoms with Gasteiger partial charge in [-0.2, -0.15) is 0 Å². The maximum absolute atomic E-state index is 13.1. The maximum atomic E-state index is 13.1. The molecule has 1 heterocycles. The highest BCUT2D eigenvalue weighted by molar-refractivity contribution is 7.90. The summed E-state index contributed by atoms with van der Waals surface area (Å²) in [6.07, 6.45) is 8.63. The lowest BCUT2D eigenvalue weighted by atomic mass is 9.43. The van der Waals surface area contributed by atoms with E-state index in [0.29, 0.717) is 35.8 Å². The van der Waals surface area contributed by atoms with Crippen LogP contribution >= 0.6 is 0 Å². The number of amides is 1. The fourth-order valence-electron chi connectivity index (χ4n) is 10.7. The van der Waals surface area contributed by atoms with Gasteiger partial charge in [-0.05, 0) is 148 Å². The average Bonchev–Trinajstić information content (AvgIpc) is 3.33. The van der Waals surface area contributed by atoms with Crippen molar-refractivity contribution in [2.75, 3.05) is 6.61 Å². The van der Waals surface area contributed by atoms with E-state index in [1.54, 1.807) is 12.1 Å². The van der Waals surface area contributed by atoms with E-state index in [2.05, 4.69) is 39.3 Å². The van der Waals surface area contributed by atoms with Gasteiger partial charge in [0.2, 0.25) is 0 Å². The van der Waals surface area contributed by atoms with Crippen LogP contribution in [-0.2, 0) is 21.2 Å². The van der Waals surface area contributed by atoms with Crippen molar-refractivity contribution in [3.63, 3.8) is 0 Å². The van der Waals surface area contributed by atoms with Crippen molar-refractivity contribution in [2.24, 2.45) is 46.3 Å². The Kier molecular flexibility index (Phi) is 8.35. The van der Waals surface area contributed by atoms with Gasteiger partial charge in [0.25, 0.3) is 10.0 Å². The van der Waals surface area contributed by atoms with Gasteiger partial charge in [0.05, 0.1) is 23.7 Å². The highest BCUT2D eigenvalue weighted by Gasteiger charge is 2.63. The van der Waals surface area contributed by atoms with Crippen LogP contribution in [0.15, 0.2) is 23.1 Å². The van der Waals surface area contributed by atoms with Crippen LogP contribution < -0.4 is 9.46 Å². The zero-order chi connectivity index (χ0) is 31.7. The summed E-state index contributed by atoms with van der Waals surface area (Å²) >= 11 is 0. The van der Waals surface area contributed by atoms with Crippen molar-refractivity contribution in [3.8, 4) is 5.75 Å². The molecule has 1 unspecified atom stereocenters. The summed E-state index contributed by atoms with van der Waals surface area (Å²) in [7, 11) is -4.09. The van der Waals surface area contributed by atoms with Crippen LogP contribution in [0.25, 0.3) is 0 Å². The van der Waals surface area contributed by atoms with Gasteiger partial charge in [-0.25, -0.2) is 17.9 Å². The molecule has 0 spiro atoms. The molecular formula is C35H53NO7S. The van der Waals surface area contributed by atoms with Gasteiger partial charge in [0.15, 0.2) is 0 Å². The van der Waals surface area contributed by atoms with E-state index in [0.717, 1.165) is 69.8 Å². The molecule has 11 atom stereocenters. The van der Waals surface area contributed by atoms with E-state index in [1.165, 1.54) is 6.07 Å². The molecule has 0 radical (unpaired) electrons. The molecule has 1 aromatic carbocycles. The molecule has 1 aliphatic heterocycles. The van der Waals surface area contributed by atoms with Crippen LogP contribution in [0.5, 0.6) is 5.75 Å². The van der Waals surface area contributed by atoms with Crippen molar-refractivity contribution in [2.45, 2.75) is 128 Å². The maximum Gasteiger partial charge on any atom is 0.421 e. The summed E-state index contributed by atoms with van der Waals surface area (Å²) in [5, 5.41) is 21.8. The molecule has 3 N–H and O–H groups in total. The molecule has 8 nitrogen and oxygen atoms in total. The van der Waals surface area contributed by atoms with Gasteiger partial charge < -0.3 is 19.7 Å². The standard InChI is InChI=1S/C35H53NO7S/c1-6-33(3)14-11-22-17-25(7-10-30(22)43-33)44(40,41)36-32(39)42-20-21(2)26-8-9-27-31-28(13-16-35(26,27)5)34(4)15-12-24(37)18-23(34)19-29(31)38/h7,10,17,21,23-24,26-29,31,37-38H,6,8-9,11-16,18-20H2,1-5H3,(H,36,39)/t21-,23+,24-,26-,27+,28+,29-,31+,33?,34+,35-/m1/s1.